The molecule has 0 saturated carbocycles. The Morgan fingerprint density at radius 3 is 2.29 bits per heavy atom. The monoisotopic (exact) mass is 234 g/mol. The van der Waals surface area contributed by atoms with Crippen LogP contribution in [0.3, 0.4) is 0 Å². The molecule has 94 valence electrons. The maximum absolute atomic E-state index is 12.1. The molecule has 0 aliphatic heterocycles. The third-order valence-electron chi connectivity index (χ3n) is 3.19. The molecule has 3 heteroatoms. The fraction of sp³-hybridized carbons (Fsp3) is 0.571. The predicted molar refractivity (Wildman–Crippen MR) is 69.5 cm³/mol. The minimum atomic E-state index is -0.345. The van der Waals surface area contributed by atoms with Crippen LogP contribution in [0.15, 0.2) is 24.5 Å². The number of carbonyl (C=O) groups is 1. The van der Waals surface area contributed by atoms with Crippen molar-refractivity contribution in [2.45, 2.75) is 46.1 Å². The highest BCUT2D eigenvalue weighted by molar-refractivity contribution is 5.79. The van der Waals surface area contributed by atoms with Crippen LogP contribution < -0.4 is 5.32 Å². The lowest BCUT2D eigenvalue weighted by Crippen LogP contribution is -2.43. The zero-order valence-electron chi connectivity index (χ0n) is 11.2. The molecule has 0 radical (unpaired) electrons. The van der Waals surface area contributed by atoms with Crippen molar-refractivity contribution in [3.63, 3.8) is 0 Å². The molecule has 0 atom stereocenters. The summed E-state index contributed by atoms with van der Waals surface area (Å²) in [5.74, 6) is 0.243. The molecule has 1 heterocycles. The lowest BCUT2D eigenvalue weighted by atomic mass is 9.93. The molecule has 0 aliphatic rings. The van der Waals surface area contributed by atoms with Gasteiger partial charge in [0.15, 0.2) is 0 Å². The lowest BCUT2D eigenvalue weighted by Gasteiger charge is -2.28. The molecule has 1 rings (SSSR count). The Morgan fingerprint density at radius 1 is 1.29 bits per heavy atom. The molecule has 0 aromatic carbocycles. The van der Waals surface area contributed by atoms with E-state index in [1.54, 1.807) is 12.4 Å². The fourth-order valence-electron chi connectivity index (χ4n) is 1.91. The van der Waals surface area contributed by atoms with E-state index in [1.165, 1.54) is 0 Å². The van der Waals surface area contributed by atoms with Gasteiger partial charge in [-0.25, -0.2) is 0 Å². The molecule has 17 heavy (non-hydrogen) atoms. The number of hydrogen-bond acceptors (Lipinski definition) is 2. The van der Waals surface area contributed by atoms with Crippen LogP contribution in [0.25, 0.3) is 0 Å². The van der Waals surface area contributed by atoms with Gasteiger partial charge in [-0.15, -0.1) is 0 Å². The molecular weight excluding hydrogens is 212 g/mol. The molecule has 0 bridgehead atoms. The topological polar surface area (TPSA) is 42.0 Å². The highest BCUT2D eigenvalue weighted by Crippen LogP contribution is 2.20. The number of hydrogen-bond donors (Lipinski definition) is 1. The van der Waals surface area contributed by atoms with E-state index in [0.717, 1.165) is 18.4 Å². The first-order valence-corrected chi connectivity index (χ1v) is 6.23. The Kier molecular flexibility index (Phi) is 4.67. The van der Waals surface area contributed by atoms with Gasteiger partial charge >= 0.3 is 0 Å². The first kappa shape index (κ1) is 13.7. The maximum Gasteiger partial charge on any atom is 0.223 e. The van der Waals surface area contributed by atoms with Crippen LogP contribution in [-0.2, 0) is 10.3 Å². The summed E-state index contributed by atoms with van der Waals surface area (Å²) >= 11 is 0. The van der Waals surface area contributed by atoms with Crippen molar-refractivity contribution in [3.05, 3.63) is 30.1 Å². The van der Waals surface area contributed by atoms with E-state index >= 15 is 0 Å². The minimum absolute atomic E-state index is 0.108. The Hall–Kier alpha value is -1.38. The van der Waals surface area contributed by atoms with Crippen LogP contribution in [0.2, 0.25) is 0 Å². The van der Waals surface area contributed by atoms with Crippen LogP contribution in [0.1, 0.15) is 46.1 Å². The Labute approximate surface area is 104 Å². The van der Waals surface area contributed by atoms with Gasteiger partial charge in [-0.1, -0.05) is 13.8 Å². The van der Waals surface area contributed by atoms with Crippen molar-refractivity contribution in [1.29, 1.82) is 0 Å². The van der Waals surface area contributed by atoms with Crippen LogP contribution in [0, 0.1) is 5.92 Å². The van der Waals surface area contributed by atoms with E-state index in [-0.39, 0.29) is 17.4 Å². The summed E-state index contributed by atoms with van der Waals surface area (Å²) in [5, 5.41) is 3.11. The SMILES string of the molecule is CCC(CC)C(=O)NC(C)(C)c1ccncc1. The van der Waals surface area contributed by atoms with E-state index in [1.807, 2.05) is 39.8 Å². The second kappa shape index (κ2) is 5.80. The summed E-state index contributed by atoms with van der Waals surface area (Å²) in [7, 11) is 0. The average molecular weight is 234 g/mol. The number of aromatic nitrogens is 1. The van der Waals surface area contributed by atoms with Crippen molar-refractivity contribution in [2.24, 2.45) is 5.92 Å². The smallest absolute Gasteiger partial charge is 0.223 e. The Bertz CT molecular complexity index is 356. The molecule has 0 fully saturated rings. The lowest BCUT2D eigenvalue weighted by molar-refractivity contribution is -0.126. The molecule has 0 unspecified atom stereocenters. The zero-order chi connectivity index (χ0) is 12.9. The van der Waals surface area contributed by atoms with Gasteiger partial charge in [0.05, 0.1) is 5.54 Å². The van der Waals surface area contributed by atoms with Gasteiger partial charge in [-0.05, 0) is 44.4 Å². The van der Waals surface area contributed by atoms with E-state index in [9.17, 15) is 4.79 Å². The van der Waals surface area contributed by atoms with Crippen LogP contribution in [-0.4, -0.2) is 10.9 Å². The van der Waals surface area contributed by atoms with Crippen molar-refractivity contribution in [2.75, 3.05) is 0 Å². The van der Waals surface area contributed by atoms with Gasteiger partial charge in [0.2, 0.25) is 5.91 Å². The normalized spacial score (nSPS) is 11.6. The van der Waals surface area contributed by atoms with E-state index in [2.05, 4.69) is 10.3 Å². The molecule has 0 aliphatic carbocycles. The van der Waals surface area contributed by atoms with Gasteiger partial charge < -0.3 is 5.32 Å². The molecule has 1 aromatic rings. The van der Waals surface area contributed by atoms with Crippen molar-refractivity contribution < 1.29 is 4.79 Å². The van der Waals surface area contributed by atoms with Crippen molar-refractivity contribution in [1.82, 2.24) is 10.3 Å². The van der Waals surface area contributed by atoms with Gasteiger partial charge in [0.25, 0.3) is 0 Å². The Morgan fingerprint density at radius 2 is 1.82 bits per heavy atom. The summed E-state index contributed by atoms with van der Waals surface area (Å²) < 4.78 is 0. The van der Waals surface area contributed by atoms with Gasteiger partial charge in [0, 0.05) is 18.3 Å². The summed E-state index contributed by atoms with van der Waals surface area (Å²) in [5.41, 5.74) is 0.731. The number of nitrogens with zero attached hydrogens (tertiary/aromatic N) is 1. The number of nitrogens with one attached hydrogen (secondary N) is 1. The molecule has 1 N–H and O–H groups in total. The maximum atomic E-state index is 12.1. The number of amides is 1. The molecule has 1 aromatic heterocycles. The molecular formula is C14H22N2O. The van der Waals surface area contributed by atoms with E-state index < -0.39 is 0 Å². The highest BCUT2D eigenvalue weighted by atomic mass is 16.2. The largest absolute Gasteiger partial charge is 0.347 e. The standard InChI is InChI=1S/C14H22N2O/c1-5-11(6-2)13(17)16-14(3,4)12-7-9-15-10-8-12/h7-11H,5-6H2,1-4H3,(H,16,17). The predicted octanol–water partition coefficient (Wildman–Crippen LogP) is 2.87. The average Bonchev–Trinajstić information content (AvgIpc) is 2.31. The third kappa shape index (κ3) is 3.55. The number of pyridine rings is 1. The summed E-state index contributed by atoms with van der Waals surface area (Å²) in [6.45, 7) is 8.13. The van der Waals surface area contributed by atoms with Gasteiger partial charge in [0.1, 0.15) is 0 Å². The fourth-order valence-corrected chi connectivity index (χ4v) is 1.91. The van der Waals surface area contributed by atoms with Crippen LogP contribution in [0.5, 0.6) is 0 Å². The zero-order valence-corrected chi connectivity index (χ0v) is 11.2. The summed E-state index contributed by atoms with van der Waals surface area (Å²) in [6.07, 6.45) is 5.27. The summed E-state index contributed by atoms with van der Waals surface area (Å²) in [6, 6.07) is 3.88. The number of carbonyl (C=O) groups excluding carboxylic acids is 1. The highest BCUT2D eigenvalue weighted by Gasteiger charge is 2.25. The second-order valence-corrected chi connectivity index (χ2v) is 4.86. The van der Waals surface area contributed by atoms with Crippen LogP contribution >= 0.6 is 0 Å². The van der Waals surface area contributed by atoms with Gasteiger partial charge in [-0.2, -0.15) is 0 Å². The van der Waals surface area contributed by atoms with Crippen molar-refractivity contribution in [3.8, 4) is 0 Å². The Balaban J connectivity index is 2.76. The molecule has 0 saturated heterocycles. The van der Waals surface area contributed by atoms with Gasteiger partial charge in [-0.3, -0.25) is 9.78 Å². The molecule has 1 amide bonds. The van der Waals surface area contributed by atoms with E-state index in [4.69, 9.17) is 0 Å². The molecule has 3 nitrogen and oxygen atoms in total. The first-order valence-electron chi connectivity index (χ1n) is 6.23. The second-order valence-electron chi connectivity index (χ2n) is 4.86. The van der Waals surface area contributed by atoms with E-state index in [0.29, 0.717) is 0 Å². The summed E-state index contributed by atoms with van der Waals surface area (Å²) in [4.78, 5) is 16.1. The third-order valence-corrected chi connectivity index (χ3v) is 3.19. The molecule has 0 spiro atoms. The first-order chi connectivity index (χ1) is 8.01. The number of rotatable bonds is 5. The quantitative estimate of drug-likeness (QED) is 0.851. The minimum Gasteiger partial charge on any atom is -0.347 e. The van der Waals surface area contributed by atoms with Crippen LogP contribution in [0.4, 0.5) is 0 Å². The van der Waals surface area contributed by atoms with Crippen molar-refractivity contribution >= 4 is 5.91 Å².